The van der Waals surface area contributed by atoms with E-state index in [4.69, 9.17) is 9.84 Å². The number of nitro groups is 1. The normalized spacial score (nSPS) is 17.3. The summed E-state index contributed by atoms with van der Waals surface area (Å²) in [6, 6.07) is 13.6. The van der Waals surface area contributed by atoms with Gasteiger partial charge in [-0.15, -0.1) is 5.10 Å². The van der Waals surface area contributed by atoms with Gasteiger partial charge >= 0.3 is 11.7 Å². The molecule has 0 aromatic heterocycles. The molecule has 1 unspecified atom stereocenters. The number of nitrogens with one attached hydrogen (secondary N) is 1. The van der Waals surface area contributed by atoms with Crippen LogP contribution in [0.3, 0.4) is 0 Å². The summed E-state index contributed by atoms with van der Waals surface area (Å²) in [5.74, 6) is -1.41. The van der Waals surface area contributed by atoms with E-state index in [2.05, 4.69) is 15.5 Å². The Balaban J connectivity index is 1.68. The van der Waals surface area contributed by atoms with Gasteiger partial charge in [-0.25, -0.2) is 0 Å². The van der Waals surface area contributed by atoms with Gasteiger partial charge in [0.2, 0.25) is 5.91 Å². The topological polar surface area (TPSA) is 143 Å². The van der Waals surface area contributed by atoms with Crippen molar-refractivity contribution in [2.24, 2.45) is 10.2 Å². The Labute approximate surface area is 174 Å². The predicted molar refractivity (Wildman–Crippen MR) is 111 cm³/mol. The number of aliphatic carboxylic acids is 1. The number of carbonyl (C=O) groups excluding carboxylic acids is 1. The highest BCUT2D eigenvalue weighted by Gasteiger charge is 2.32. The van der Waals surface area contributed by atoms with E-state index in [0.717, 1.165) is 17.3 Å². The van der Waals surface area contributed by atoms with E-state index in [0.29, 0.717) is 5.56 Å². The maximum atomic E-state index is 11.7. The van der Waals surface area contributed by atoms with Crippen molar-refractivity contribution in [3.05, 3.63) is 69.8 Å². The number of nitrogens with zero attached hydrogens (tertiary/aromatic N) is 3. The second kappa shape index (κ2) is 9.65. The van der Waals surface area contributed by atoms with Crippen molar-refractivity contribution < 1.29 is 24.4 Å². The number of carboxylic acids is 1. The van der Waals surface area contributed by atoms with Gasteiger partial charge in [0, 0.05) is 11.6 Å². The van der Waals surface area contributed by atoms with Crippen LogP contribution in [0.4, 0.5) is 5.69 Å². The number of thioether (sulfide) groups is 1. The fraction of sp³-hybridized carbons (Fsp3) is 0.158. The zero-order chi connectivity index (χ0) is 21.5. The first kappa shape index (κ1) is 21.0. The Morgan fingerprint density at radius 1 is 1.30 bits per heavy atom. The van der Waals surface area contributed by atoms with E-state index < -0.39 is 22.0 Å². The summed E-state index contributed by atoms with van der Waals surface area (Å²) < 4.78 is 5.57. The fourth-order valence-corrected chi connectivity index (χ4v) is 3.42. The van der Waals surface area contributed by atoms with Gasteiger partial charge < -0.3 is 15.2 Å². The standard InChI is InChI=1S/C19H16N4O6S/c24-17(25)9-16-18(26)21-19(30-16)22-20-10-13-6-7-15(14(8-13)23(27)28)29-11-12-4-2-1-3-5-12/h1-8,10,16H,9,11H2,(H,24,25)(H,21,22,26). The fourth-order valence-electron chi connectivity index (χ4n) is 2.51. The Hall–Kier alpha value is -3.73. The minimum absolute atomic E-state index is 0.127. The maximum absolute atomic E-state index is 11.7. The zero-order valence-corrected chi connectivity index (χ0v) is 16.2. The van der Waals surface area contributed by atoms with Crippen molar-refractivity contribution in [1.82, 2.24) is 5.32 Å². The average Bonchev–Trinajstić information content (AvgIpc) is 3.06. The first-order valence-corrected chi connectivity index (χ1v) is 9.56. The van der Waals surface area contributed by atoms with Gasteiger partial charge in [-0.3, -0.25) is 19.7 Å². The van der Waals surface area contributed by atoms with E-state index in [9.17, 15) is 19.7 Å². The average molecular weight is 428 g/mol. The molecule has 2 aromatic rings. The van der Waals surface area contributed by atoms with Crippen LogP contribution < -0.4 is 10.1 Å². The molecular weight excluding hydrogens is 412 g/mol. The molecule has 1 fully saturated rings. The number of ether oxygens (including phenoxy) is 1. The molecule has 0 spiro atoms. The molecule has 1 amide bonds. The molecule has 30 heavy (non-hydrogen) atoms. The minimum Gasteiger partial charge on any atom is -0.482 e. The second-order valence-corrected chi connectivity index (χ2v) is 7.29. The van der Waals surface area contributed by atoms with E-state index in [-0.39, 0.29) is 29.6 Å². The summed E-state index contributed by atoms with van der Waals surface area (Å²) in [7, 11) is 0. The van der Waals surface area contributed by atoms with Crippen molar-refractivity contribution in [1.29, 1.82) is 0 Å². The summed E-state index contributed by atoms with van der Waals surface area (Å²) in [5, 5.41) is 29.6. The summed E-state index contributed by atoms with van der Waals surface area (Å²) in [5.41, 5.74) is 1.08. The Morgan fingerprint density at radius 2 is 2.07 bits per heavy atom. The lowest BCUT2D eigenvalue weighted by Crippen LogP contribution is -2.26. The molecule has 2 N–H and O–H groups in total. The molecular formula is C19H16N4O6S. The maximum Gasteiger partial charge on any atom is 0.311 e. The number of amides is 1. The Kier molecular flexibility index (Phi) is 6.75. The van der Waals surface area contributed by atoms with Crippen LogP contribution >= 0.6 is 11.8 Å². The molecule has 1 saturated heterocycles. The lowest BCUT2D eigenvalue weighted by molar-refractivity contribution is -0.385. The van der Waals surface area contributed by atoms with Gasteiger partial charge in [-0.2, -0.15) is 5.10 Å². The van der Waals surface area contributed by atoms with Gasteiger partial charge in [0.05, 0.1) is 17.6 Å². The molecule has 0 saturated carbocycles. The second-order valence-electron chi connectivity index (χ2n) is 6.10. The third kappa shape index (κ3) is 5.64. The van der Waals surface area contributed by atoms with Gasteiger partial charge in [-0.05, 0) is 17.7 Å². The smallest absolute Gasteiger partial charge is 0.311 e. The SMILES string of the molecule is O=C(O)CC1SC(=NN=Cc2ccc(OCc3ccccc3)c([N+](=O)[O-])c2)NC1=O. The highest BCUT2D eigenvalue weighted by Crippen LogP contribution is 2.28. The van der Waals surface area contributed by atoms with Crippen molar-refractivity contribution in [2.75, 3.05) is 0 Å². The van der Waals surface area contributed by atoms with Crippen LogP contribution in [0.25, 0.3) is 0 Å². The van der Waals surface area contributed by atoms with Crippen LogP contribution in [0.5, 0.6) is 5.75 Å². The predicted octanol–water partition coefficient (Wildman–Crippen LogP) is 2.57. The highest BCUT2D eigenvalue weighted by molar-refractivity contribution is 8.15. The van der Waals surface area contributed by atoms with Crippen molar-refractivity contribution in [2.45, 2.75) is 18.3 Å². The molecule has 0 bridgehead atoms. The molecule has 2 aromatic carbocycles. The van der Waals surface area contributed by atoms with E-state index in [1.54, 1.807) is 6.07 Å². The lowest BCUT2D eigenvalue weighted by Gasteiger charge is -2.07. The number of nitro benzene ring substituents is 1. The quantitative estimate of drug-likeness (QED) is 0.373. The van der Waals surface area contributed by atoms with Gasteiger partial charge in [0.15, 0.2) is 10.9 Å². The largest absolute Gasteiger partial charge is 0.482 e. The van der Waals surface area contributed by atoms with E-state index >= 15 is 0 Å². The van der Waals surface area contributed by atoms with Crippen LogP contribution in [0.1, 0.15) is 17.5 Å². The summed E-state index contributed by atoms with van der Waals surface area (Å²) >= 11 is 0.964. The summed E-state index contributed by atoms with van der Waals surface area (Å²) in [6.07, 6.45) is 0.966. The molecule has 11 heteroatoms. The van der Waals surface area contributed by atoms with Crippen molar-refractivity contribution >= 4 is 40.7 Å². The molecule has 1 aliphatic rings. The zero-order valence-electron chi connectivity index (χ0n) is 15.4. The molecule has 1 aliphatic heterocycles. The summed E-state index contributed by atoms with van der Waals surface area (Å²) in [4.78, 5) is 33.2. The lowest BCUT2D eigenvalue weighted by atomic mass is 10.2. The monoisotopic (exact) mass is 428 g/mol. The minimum atomic E-state index is -1.09. The number of hydrogen-bond acceptors (Lipinski definition) is 8. The Bertz CT molecular complexity index is 1020. The molecule has 1 heterocycles. The molecule has 154 valence electrons. The van der Waals surface area contributed by atoms with Crippen LogP contribution in [0.2, 0.25) is 0 Å². The number of carboxylic acid groups (broad SMARTS) is 1. The number of benzene rings is 2. The van der Waals surface area contributed by atoms with E-state index in [1.165, 1.54) is 18.3 Å². The molecule has 10 nitrogen and oxygen atoms in total. The first-order chi connectivity index (χ1) is 14.4. The molecule has 0 aliphatic carbocycles. The third-order valence-electron chi connectivity index (χ3n) is 3.91. The molecule has 1 atom stereocenters. The van der Waals surface area contributed by atoms with Gasteiger partial charge in [0.1, 0.15) is 11.9 Å². The highest BCUT2D eigenvalue weighted by atomic mass is 32.2. The van der Waals surface area contributed by atoms with Gasteiger partial charge in [-0.1, -0.05) is 42.1 Å². The third-order valence-corrected chi connectivity index (χ3v) is 4.98. The van der Waals surface area contributed by atoms with Gasteiger partial charge in [0.25, 0.3) is 0 Å². The Morgan fingerprint density at radius 3 is 2.77 bits per heavy atom. The van der Waals surface area contributed by atoms with Crippen molar-refractivity contribution in [3.63, 3.8) is 0 Å². The number of rotatable bonds is 8. The van der Waals surface area contributed by atoms with Crippen LogP contribution in [0.15, 0.2) is 58.7 Å². The van der Waals surface area contributed by atoms with Crippen LogP contribution in [0, 0.1) is 10.1 Å². The number of amidine groups is 1. The number of carbonyl (C=O) groups is 2. The van der Waals surface area contributed by atoms with Crippen LogP contribution in [-0.4, -0.2) is 38.5 Å². The van der Waals surface area contributed by atoms with Crippen molar-refractivity contribution in [3.8, 4) is 5.75 Å². The van der Waals surface area contributed by atoms with E-state index in [1.807, 2.05) is 30.3 Å². The van der Waals surface area contributed by atoms with Crippen LogP contribution in [-0.2, 0) is 16.2 Å². The number of hydrogen-bond donors (Lipinski definition) is 2. The molecule has 0 radical (unpaired) electrons. The molecule has 3 rings (SSSR count). The summed E-state index contributed by atoms with van der Waals surface area (Å²) in [6.45, 7) is 0.192. The first-order valence-electron chi connectivity index (χ1n) is 8.68.